The van der Waals surface area contributed by atoms with E-state index in [1.54, 1.807) is 17.9 Å². The molecule has 0 bridgehead atoms. The lowest BCUT2D eigenvalue weighted by Gasteiger charge is -2.18. The highest BCUT2D eigenvalue weighted by Gasteiger charge is 2.53. The van der Waals surface area contributed by atoms with Crippen LogP contribution in [-0.2, 0) is 23.2 Å². The molecule has 2 N–H and O–H groups in total. The number of aryl methyl sites for hydroxylation is 1. The first kappa shape index (κ1) is 12.3. The van der Waals surface area contributed by atoms with Crippen molar-refractivity contribution in [2.24, 2.45) is 30.5 Å². The monoisotopic (exact) mass is 262 g/mol. The molecule has 2 amide bonds. The second-order valence-electron chi connectivity index (χ2n) is 5.62. The molecule has 19 heavy (non-hydrogen) atoms. The Morgan fingerprint density at radius 1 is 1.32 bits per heavy atom. The van der Waals surface area contributed by atoms with Gasteiger partial charge in [0.1, 0.15) is 5.82 Å². The SMILES string of the molecule is CC1CC2C(=O)N(c3c(CN)cnn3C)C(=O)C2C1. The first-order valence-electron chi connectivity index (χ1n) is 6.63. The Bertz CT molecular complexity index is 527. The molecule has 1 aliphatic heterocycles. The van der Waals surface area contributed by atoms with Crippen LogP contribution in [0.1, 0.15) is 25.3 Å². The molecule has 1 saturated heterocycles. The van der Waals surface area contributed by atoms with E-state index in [2.05, 4.69) is 12.0 Å². The molecule has 1 aromatic rings. The molecule has 2 atom stereocenters. The lowest BCUT2D eigenvalue weighted by molar-refractivity contribution is -0.123. The van der Waals surface area contributed by atoms with Crippen molar-refractivity contribution >= 4 is 17.6 Å². The number of nitrogens with two attached hydrogens (primary N) is 1. The van der Waals surface area contributed by atoms with Crippen LogP contribution in [-0.4, -0.2) is 21.6 Å². The molecule has 1 aliphatic carbocycles. The Morgan fingerprint density at radius 2 is 1.89 bits per heavy atom. The summed E-state index contributed by atoms with van der Waals surface area (Å²) in [5, 5.41) is 4.10. The summed E-state index contributed by atoms with van der Waals surface area (Å²) in [6, 6.07) is 0. The summed E-state index contributed by atoms with van der Waals surface area (Å²) in [7, 11) is 1.73. The van der Waals surface area contributed by atoms with Gasteiger partial charge in [-0.3, -0.25) is 14.3 Å². The first-order chi connectivity index (χ1) is 9.04. The van der Waals surface area contributed by atoms with Gasteiger partial charge in [0.25, 0.3) is 0 Å². The van der Waals surface area contributed by atoms with Crippen LogP contribution < -0.4 is 10.6 Å². The van der Waals surface area contributed by atoms with Gasteiger partial charge >= 0.3 is 0 Å². The molecule has 1 aromatic heterocycles. The molecule has 6 nitrogen and oxygen atoms in total. The zero-order valence-corrected chi connectivity index (χ0v) is 11.2. The number of imide groups is 1. The molecule has 3 rings (SSSR count). The fourth-order valence-electron chi connectivity index (χ4n) is 3.40. The van der Waals surface area contributed by atoms with Crippen LogP contribution in [0.3, 0.4) is 0 Å². The van der Waals surface area contributed by atoms with Crippen molar-refractivity contribution in [3.8, 4) is 0 Å². The maximum atomic E-state index is 12.5. The zero-order chi connectivity index (χ0) is 13.7. The van der Waals surface area contributed by atoms with Gasteiger partial charge in [-0.1, -0.05) is 6.92 Å². The van der Waals surface area contributed by atoms with Crippen LogP contribution in [0.2, 0.25) is 0 Å². The zero-order valence-electron chi connectivity index (χ0n) is 11.2. The number of anilines is 1. The second-order valence-corrected chi connectivity index (χ2v) is 5.62. The van der Waals surface area contributed by atoms with E-state index in [0.717, 1.165) is 18.4 Å². The Hall–Kier alpha value is -1.69. The molecular formula is C13H18N4O2. The minimum Gasteiger partial charge on any atom is -0.326 e. The molecule has 2 unspecified atom stereocenters. The molecule has 2 aliphatic rings. The Kier molecular flexibility index (Phi) is 2.70. The summed E-state index contributed by atoms with van der Waals surface area (Å²) in [6.45, 7) is 2.37. The van der Waals surface area contributed by atoms with Gasteiger partial charge in [0.15, 0.2) is 0 Å². The summed E-state index contributed by atoms with van der Waals surface area (Å²) in [5.74, 6) is 0.520. The summed E-state index contributed by atoms with van der Waals surface area (Å²) in [6.07, 6.45) is 3.23. The molecule has 0 spiro atoms. The number of aromatic nitrogens is 2. The smallest absolute Gasteiger partial charge is 0.238 e. The van der Waals surface area contributed by atoms with Crippen molar-refractivity contribution in [2.75, 3.05) is 4.90 Å². The van der Waals surface area contributed by atoms with Crippen LogP contribution >= 0.6 is 0 Å². The quantitative estimate of drug-likeness (QED) is 0.783. The number of amides is 2. The number of hydrogen-bond donors (Lipinski definition) is 1. The van der Waals surface area contributed by atoms with Gasteiger partial charge in [0.2, 0.25) is 11.8 Å². The average Bonchev–Trinajstić information content (AvgIpc) is 2.98. The lowest BCUT2D eigenvalue weighted by atomic mass is 10.00. The van der Waals surface area contributed by atoms with Crippen LogP contribution in [0.4, 0.5) is 5.82 Å². The second kappa shape index (κ2) is 4.16. The van der Waals surface area contributed by atoms with Crippen molar-refractivity contribution in [3.63, 3.8) is 0 Å². The van der Waals surface area contributed by atoms with Crippen molar-refractivity contribution < 1.29 is 9.59 Å². The van der Waals surface area contributed by atoms with Crippen LogP contribution in [0, 0.1) is 17.8 Å². The van der Waals surface area contributed by atoms with E-state index in [-0.39, 0.29) is 30.2 Å². The normalized spacial score (nSPS) is 30.3. The van der Waals surface area contributed by atoms with Crippen molar-refractivity contribution in [1.82, 2.24) is 9.78 Å². The Labute approximate surface area is 111 Å². The summed E-state index contributed by atoms with van der Waals surface area (Å²) < 4.78 is 1.56. The topological polar surface area (TPSA) is 81.2 Å². The molecule has 2 fully saturated rings. The van der Waals surface area contributed by atoms with E-state index in [1.807, 2.05) is 0 Å². The van der Waals surface area contributed by atoms with Crippen molar-refractivity contribution in [1.29, 1.82) is 0 Å². The van der Waals surface area contributed by atoms with Gasteiger partial charge in [0, 0.05) is 19.2 Å². The molecule has 0 radical (unpaired) electrons. The minimum atomic E-state index is -0.150. The van der Waals surface area contributed by atoms with Gasteiger partial charge in [-0.05, 0) is 18.8 Å². The molecule has 1 saturated carbocycles. The Morgan fingerprint density at radius 3 is 2.42 bits per heavy atom. The van der Waals surface area contributed by atoms with Gasteiger partial charge in [0.05, 0.1) is 18.0 Å². The van der Waals surface area contributed by atoms with Crippen molar-refractivity contribution in [3.05, 3.63) is 11.8 Å². The third-order valence-corrected chi connectivity index (χ3v) is 4.29. The number of rotatable bonds is 2. The first-order valence-corrected chi connectivity index (χ1v) is 6.63. The molecular weight excluding hydrogens is 244 g/mol. The van der Waals surface area contributed by atoms with Crippen molar-refractivity contribution in [2.45, 2.75) is 26.3 Å². The summed E-state index contributed by atoms with van der Waals surface area (Å²) >= 11 is 0. The van der Waals surface area contributed by atoms with Crippen LogP contribution in [0.5, 0.6) is 0 Å². The Balaban J connectivity index is 2.01. The molecule has 6 heteroatoms. The molecule has 0 aromatic carbocycles. The van der Waals surface area contributed by atoms with E-state index in [1.165, 1.54) is 4.90 Å². The highest BCUT2D eigenvalue weighted by molar-refractivity contribution is 6.22. The fraction of sp³-hybridized carbons (Fsp3) is 0.615. The largest absolute Gasteiger partial charge is 0.326 e. The highest BCUT2D eigenvalue weighted by Crippen LogP contribution is 2.44. The number of fused-ring (bicyclic) bond motifs is 1. The van der Waals surface area contributed by atoms with Crippen LogP contribution in [0.15, 0.2) is 6.20 Å². The number of carbonyl (C=O) groups is 2. The predicted octanol–water partition coefficient (Wildman–Crippen LogP) is 0.414. The van der Waals surface area contributed by atoms with E-state index < -0.39 is 0 Å². The van der Waals surface area contributed by atoms with E-state index in [4.69, 9.17) is 5.73 Å². The maximum absolute atomic E-state index is 12.5. The number of hydrogen-bond acceptors (Lipinski definition) is 4. The maximum Gasteiger partial charge on any atom is 0.238 e. The lowest BCUT2D eigenvalue weighted by Crippen LogP contribution is -2.34. The third kappa shape index (κ3) is 1.63. The van der Waals surface area contributed by atoms with Gasteiger partial charge in [-0.15, -0.1) is 0 Å². The molecule has 2 heterocycles. The number of carbonyl (C=O) groups excluding carboxylic acids is 2. The summed E-state index contributed by atoms with van der Waals surface area (Å²) in [5.41, 5.74) is 6.39. The standard InChI is InChI=1S/C13H18N4O2/c1-7-3-9-10(4-7)13(19)17(12(9)18)11-8(5-14)6-15-16(11)2/h6-7,9-10H,3-5,14H2,1-2H3. The molecule has 102 valence electrons. The highest BCUT2D eigenvalue weighted by atomic mass is 16.2. The predicted molar refractivity (Wildman–Crippen MR) is 69.0 cm³/mol. The third-order valence-electron chi connectivity index (χ3n) is 4.29. The number of nitrogens with zero attached hydrogens (tertiary/aromatic N) is 3. The van der Waals surface area contributed by atoms with E-state index in [0.29, 0.717) is 11.7 Å². The van der Waals surface area contributed by atoms with Gasteiger partial charge < -0.3 is 5.73 Å². The van der Waals surface area contributed by atoms with E-state index >= 15 is 0 Å². The summed E-state index contributed by atoms with van der Waals surface area (Å²) in [4.78, 5) is 26.3. The van der Waals surface area contributed by atoms with Crippen LogP contribution in [0.25, 0.3) is 0 Å². The van der Waals surface area contributed by atoms with Gasteiger partial charge in [-0.2, -0.15) is 5.10 Å². The average molecular weight is 262 g/mol. The fourth-order valence-corrected chi connectivity index (χ4v) is 3.40. The van der Waals surface area contributed by atoms with E-state index in [9.17, 15) is 9.59 Å². The minimum absolute atomic E-state index is 0.0855. The van der Waals surface area contributed by atoms with Gasteiger partial charge in [-0.25, -0.2) is 4.90 Å².